The SMILES string of the molecule is CCOc1ccc(N2C(=O)[C@@H](CC(=O)Nc3ccc(F)cc3)N(Cc3ccccn3)C2=S)cc1. The van der Waals surface area contributed by atoms with Crippen molar-refractivity contribution in [2.75, 3.05) is 16.8 Å². The predicted molar refractivity (Wildman–Crippen MR) is 131 cm³/mol. The molecule has 2 heterocycles. The summed E-state index contributed by atoms with van der Waals surface area (Å²) >= 11 is 5.68. The molecule has 1 aliphatic rings. The van der Waals surface area contributed by atoms with E-state index in [0.717, 1.165) is 5.69 Å². The van der Waals surface area contributed by atoms with Gasteiger partial charge in [0.15, 0.2) is 5.11 Å². The number of amides is 2. The Morgan fingerprint density at radius 3 is 2.50 bits per heavy atom. The second-order valence-electron chi connectivity index (χ2n) is 7.61. The molecule has 34 heavy (non-hydrogen) atoms. The lowest BCUT2D eigenvalue weighted by molar-refractivity contribution is -0.124. The summed E-state index contributed by atoms with van der Waals surface area (Å²) < 4.78 is 18.7. The summed E-state index contributed by atoms with van der Waals surface area (Å²) in [6.07, 6.45) is 1.54. The summed E-state index contributed by atoms with van der Waals surface area (Å²) in [6.45, 7) is 2.70. The Kier molecular flexibility index (Phi) is 7.12. The molecule has 0 aliphatic carbocycles. The van der Waals surface area contributed by atoms with Crippen LogP contribution in [-0.4, -0.2) is 39.5 Å². The molecule has 1 N–H and O–H groups in total. The fraction of sp³-hybridized carbons (Fsp3) is 0.200. The lowest BCUT2D eigenvalue weighted by Gasteiger charge is -2.23. The molecule has 9 heteroatoms. The van der Waals surface area contributed by atoms with Crippen LogP contribution in [0, 0.1) is 5.82 Å². The first-order chi connectivity index (χ1) is 16.5. The Morgan fingerprint density at radius 2 is 1.85 bits per heavy atom. The van der Waals surface area contributed by atoms with Crippen molar-refractivity contribution < 1.29 is 18.7 Å². The van der Waals surface area contributed by atoms with Gasteiger partial charge in [-0.3, -0.25) is 19.5 Å². The maximum Gasteiger partial charge on any atom is 0.256 e. The van der Waals surface area contributed by atoms with Gasteiger partial charge in [0.2, 0.25) is 5.91 Å². The molecule has 174 valence electrons. The second kappa shape index (κ2) is 10.4. The number of hydrogen-bond donors (Lipinski definition) is 1. The van der Waals surface area contributed by atoms with Crippen molar-refractivity contribution in [1.82, 2.24) is 9.88 Å². The lowest BCUT2D eigenvalue weighted by atomic mass is 10.1. The van der Waals surface area contributed by atoms with E-state index < -0.39 is 11.9 Å². The number of aromatic nitrogens is 1. The van der Waals surface area contributed by atoms with Crippen molar-refractivity contribution in [1.29, 1.82) is 0 Å². The summed E-state index contributed by atoms with van der Waals surface area (Å²) in [6, 6.07) is 17.2. The van der Waals surface area contributed by atoms with Gasteiger partial charge in [0, 0.05) is 11.9 Å². The summed E-state index contributed by atoms with van der Waals surface area (Å²) in [5.41, 5.74) is 1.75. The van der Waals surface area contributed by atoms with Gasteiger partial charge < -0.3 is 15.0 Å². The minimum atomic E-state index is -0.818. The third-order valence-electron chi connectivity index (χ3n) is 5.29. The molecular weight excluding hydrogens is 455 g/mol. The number of nitrogens with zero attached hydrogens (tertiary/aromatic N) is 3. The Labute approximate surface area is 202 Å². The fourth-order valence-corrected chi connectivity index (χ4v) is 4.08. The first-order valence-electron chi connectivity index (χ1n) is 10.8. The average Bonchev–Trinajstić information content (AvgIpc) is 3.06. The molecule has 7 nitrogen and oxygen atoms in total. The molecule has 3 aromatic rings. The van der Waals surface area contributed by atoms with Crippen LogP contribution in [0.1, 0.15) is 19.0 Å². The van der Waals surface area contributed by atoms with Gasteiger partial charge in [0.25, 0.3) is 5.91 Å². The zero-order valence-electron chi connectivity index (χ0n) is 18.5. The van der Waals surface area contributed by atoms with Crippen LogP contribution in [0.25, 0.3) is 0 Å². The molecule has 0 saturated carbocycles. The van der Waals surface area contributed by atoms with E-state index in [4.69, 9.17) is 17.0 Å². The highest BCUT2D eigenvalue weighted by Gasteiger charge is 2.44. The zero-order chi connectivity index (χ0) is 24.1. The molecular formula is C25H23FN4O3S. The van der Waals surface area contributed by atoms with Crippen molar-refractivity contribution in [3.05, 3.63) is 84.4 Å². The topological polar surface area (TPSA) is 74.8 Å². The number of carbonyl (C=O) groups excluding carboxylic acids is 2. The number of pyridine rings is 1. The van der Waals surface area contributed by atoms with E-state index in [1.165, 1.54) is 29.2 Å². The van der Waals surface area contributed by atoms with Gasteiger partial charge in [-0.2, -0.15) is 0 Å². The fourth-order valence-electron chi connectivity index (χ4n) is 3.70. The molecule has 0 spiro atoms. The highest BCUT2D eigenvalue weighted by molar-refractivity contribution is 7.80. The molecule has 0 radical (unpaired) electrons. The van der Waals surface area contributed by atoms with Crippen molar-refractivity contribution >= 4 is 40.5 Å². The van der Waals surface area contributed by atoms with E-state index in [1.54, 1.807) is 41.4 Å². The maximum atomic E-state index is 13.5. The first-order valence-corrected chi connectivity index (χ1v) is 11.2. The van der Waals surface area contributed by atoms with Gasteiger partial charge in [-0.1, -0.05) is 6.07 Å². The van der Waals surface area contributed by atoms with Gasteiger partial charge in [-0.15, -0.1) is 0 Å². The molecule has 2 aromatic carbocycles. The van der Waals surface area contributed by atoms with E-state index in [0.29, 0.717) is 28.8 Å². The molecule has 1 saturated heterocycles. The number of anilines is 2. The van der Waals surface area contributed by atoms with Gasteiger partial charge in [0.05, 0.1) is 31.0 Å². The number of thiocarbonyl (C=S) groups is 1. The molecule has 0 unspecified atom stereocenters. The average molecular weight is 479 g/mol. The smallest absolute Gasteiger partial charge is 0.256 e. The van der Waals surface area contributed by atoms with Crippen LogP contribution in [-0.2, 0) is 16.1 Å². The number of halogens is 1. The highest BCUT2D eigenvalue weighted by atomic mass is 32.1. The van der Waals surface area contributed by atoms with Gasteiger partial charge in [0.1, 0.15) is 17.6 Å². The Hall–Kier alpha value is -3.85. The third-order valence-corrected chi connectivity index (χ3v) is 5.71. The third kappa shape index (κ3) is 5.20. The van der Waals surface area contributed by atoms with Crippen LogP contribution in [0.2, 0.25) is 0 Å². The van der Waals surface area contributed by atoms with Crippen LogP contribution in [0.5, 0.6) is 5.75 Å². The van der Waals surface area contributed by atoms with Crippen LogP contribution in [0.15, 0.2) is 72.9 Å². The largest absolute Gasteiger partial charge is 0.494 e. The van der Waals surface area contributed by atoms with E-state index >= 15 is 0 Å². The van der Waals surface area contributed by atoms with Gasteiger partial charge in [-0.25, -0.2) is 4.39 Å². The number of ether oxygens (including phenoxy) is 1. The van der Waals surface area contributed by atoms with Crippen molar-refractivity contribution in [3.63, 3.8) is 0 Å². The molecule has 2 amide bonds. The Morgan fingerprint density at radius 1 is 1.12 bits per heavy atom. The molecule has 0 bridgehead atoms. The lowest BCUT2D eigenvalue weighted by Crippen LogP contribution is -2.37. The Balaban J connectivity index is 1.58. The number of rotatable bonds is 8. The van der Waals surface area contributed by atoms with Gasteiger partial charge in [-0.05, 0) is 79.8 Å². The second-order valence-corrected chi connectivity index (χ2v) is 7.97. The van der Waals surface area contributed by atoms with Crippen molar-refractivity contribution in [2.24, 2.45) is 0 Å². The number of benzene rings is 2. The summed E-state index contributed by atoms with van der Waals surface area (Å²) in [4.78, 5) is 33.7. The predicted octanol–water partition coefficient (Wildman–Crippen LogP) is 4.15. The van der Waals surface area contributed by atoms with Crippen LogP contribution < -0.4 is 15.0 Å². The van der Waals surface area contributed by atoms with E-state index in [1.807, 2.05) is 19.1 Å². The van der Waals surface area contributed by atoms with Crippen LogP contribution >= 0.6 is 12.2 Å². The summed E-state index contributed by atoms with van der Waals surface area (Å²) in [5, 5.41) is 3.00. The van der Waals surface area contributed by atoms with Crippen molar-refractivity contribution in [2.45, 2.75) is 25.9 Å². The quantitative estimate of drug-likeness (QED) is 0.491. The standard InChI is InChI=1S/C25H23FN4O3S/c1-2-33-21-12-10-20(11-13-21)30-24(32)22(15-23(31)28-18-8-6-17(26)7-9-18)29(25(30)34)16-19-5-3-4-14-27-19/h3-14,22H,2,15-16H2,1H3,(H,28,31)/t22-/m1/s1. The maximum absolute atomic E-state index is 13.5. The zero-order valence-corrected chi connectivity index (χ0v) is 19.3. The Bertz CT molecular complexity index is 1170. The van der Waals surface area contributed by atoms with Crippen LogP contribution in [0.4, 0.5) is 15.8 Å². The number of nitrogens with one attached hydrogen (secondary N) is 1. The molecule has 1 atom stereocenters. The minimum absolute atomic E-state index is 0.128. The molecule has 1 aliphatic heterocycles. The number of carbonyl (C=O) groups is 2. The molecule has 4 rings (SSSR count). The first kappa shape index (κ1) is 23.3. The summed E-state index contributed by atoms with van der Waals surface area (Å²) in [7, 11) is 0. The van der Waals surface area contributed by atoms with Crippen LogP contribution in [0.3, 0.4) is 0 Å². The molecule has 1 fully saturated rings. The normalized spacial score (nSPS) is 15.5. The monoisotopic (exact) mass is 478 g/mol. The summed E-state index contributed by atoms with van der Waals surface area (Å²) in [5.74, 6) is -0.405. The van der Waals surface area contributed by atoms with E-state index in [2.05, 4.69) is 10.3 Å². The van der Waals surface area contributed by atoms with E-state index in [-0.39, 0.29) is 24.8 Å². The van der Waals surface area contributed by atoms with Crippen molar-refractivity contribution in [3.8, 4) is 5.75 Å². The molecule has 1 aromatic heterocycles. The van der Waals surface area contributed by atoms with E-state index in [9.17, 15) is 14.0 Å². The van der Waals surface area contributed by atoms with Gasteiger partial charge >= 0.3 is 0 Å². The number of hydrogen-bond acceptors (Lipinski definition) is 5. The minimum Gasteiger partial charge on any atom is -0.494 e. The highest BCUT2D eigenvalue weighted by Crippen LogP contribution is 2.30.